The molecule has 0 aliphatic heterocycles. The van der Waals surface area contributed by atoms with Crippen LogP contribution in [0.1, 0.15) is 13.8 Å². The van der Waals surface area contributed by atoms with Crippen LogP contribution in [0.25, 0.3) is 0 Å². The van der Waals surface area contributed by atoms with Gasteiger partial charge in [0.1, 0.15) is 6.23 Å². The van der Waals surface area contributed by atoms with Gasteiger partial charge in [-0.05, 0) is 27.9 Å². The van der Waals surface area contributed by atoms with E-state index in [0.29, 0.717) is 0 Å². The summed E-state index contributed by atoms with van der Waals surface area (Å²) in [4.78, 5) is 1.56. The third kappa shape index (κ3) is 2.79. The fourth-order valence-electron chi connectivity index (χ4n) is 0.632. The molecule has 0 aromatic rings. The van der Waals surface area contributed by atoms with E-state index >= 15 is 0 Å². The van der Waals surface area contributed by atoms with Crippen LogP contribution in [0.4, 0.5) is 0 Å². The molecule has 0 fully saturated rings. The Morgan fingerprint density at radius 1 is 1.33 bits per heavy atom. The van der Waals surface area contributed by atoms with Gasteiger partial charge in [0.2, 0.25) is 0 Å². The Balaban J connectivity index is 3.88. The summed E-state index contributed by atoms with van der Waals surface area (Å²) < 4.78 is 0. The minimum atomic E-state index is -1.04. The quantitative estimate of drug-likeness (QED) is 0.505. The van der Waals surface area contributed by atoms with Crippen molar-refractivity contribution in [3.05, 3.63) is 0 Å². The molecule has 0 aromatic heterocycles. The summed E-state index contributed by atoms with van der Waals surface area (Å²) in [5.41, 5.74) is -1.04. The van der Waals surface area contributed by atoms with Gasteiger partial charge in [0.15, 0.2) is 0 Å². The second-order valence-corrected chi connectivity index (χ2v) is 2.99. The van der Waals surface area contributed by atoms with Gasteiger partial charge in [-0.2, -0.15) is 0 Å². The van der Waals surface area contributed by atoms with Crippen molar-refractivity contribution in [2.75, 3.05) is 14.1 Å². The summed E-state index contributed by atoms with van der Waals surface area (Å²) in [6.45, 7) is 3.13. The lowest BCUT2D eigenvalue weighted by Crippen LogP contribution is -2.45. The Morgan fingerprint density at radius 2 is 1.67 bits per heavy atom. The number of aliphatic hydroxyl groups is 2. The highest BCUT2D eigenvalue weighted by molar-refractivity contribution is 4.73. The van der Waals surface area contributed by atoms with Crippen LogP contribution in [0.5, 0.6) is 0 Å². The van der Waals surface area contributed by atoms with Crippen LogP contribution in [0.3, 0.4) is 0 Å². The molecule has 0 aliphatic carbocycles. The van der Waals surface area contributed by atoms with E-state index in [1.54, 1.807) is 32.8 Å². The van der Waals surface area contributed by atoms with Crippen LogP contribution >= 0.6 is 0 Å². The van der Waals surface area contributed by atoms with Crippen LogP contribution in [-0.4, -0.2) is 41.0 Å². The fraction of sp³-hybridized carbons (Fsp3) is 1.00. The van der Waals surface area contributed by atoms with Crippen molar-refractivity contribution in [3.8, 4) is 0 Å². The summed E-state index contributed by atoms with van der Waals surface area (Å²) in [5, 5.41) is 18.3. The Labute approximate surface area is 55.9 Å². The average molecular weight is 133 g/mol. The topological polar surface area (TPSA) is 43.7 Å². The molecule has 1 atom stereocenters. The molecular weight excluding hydrogens is 118 g/mol. The smallest absolute Gasteiger partial charge is 0.135 e. The van der Waals surface area contributed by atoms with Gasteiger partial charge >= 0.3 is 0 Å². The van der Waals surface area contributed by atoms with Crippen molar-refractivity contribution in [1.29, 1.82) is 0 Å². The van der Waals surface area contributed by atoms with Crippen molar-refractivity contribution in [2.45, 2.75) is 25.7 Å². The molecule has 0 heterocycles. The van der Waals surface area contributed by atoms with E-state index in [-0.39, 0.29) is 0 Å². The maximum absolute atomic E-state index is 9.16. The van der Waals surface area contributed by atoms with Gasteiger partial charge in [-0.15, -0.1) is 0 Å². The number of likely N-dealkylation sites (N-methyl/N-ethyl adjacent to an activating group) is 1. The zero-order chi connectivity index (χ0) is 7.65. The van der Waals surface area contributed by atoms with Crippen LogP contribution in [0, 0.1) is 0 Å². The first-order chi connectivity index (χ1) is 3.85. The average Bonchev–Trinajstić information content (AvgIpc) is 1.62. The highest BCUT2D eigenvalue weighted by Crippen LogP contribution is 2.08. The maximum atomic E-state index is 9.16. The van der Waals surface area contributed by atoms with Crippen molar-refractivity contribution >= 4 is 0 Å². The van der Waals surface area contributed by atoms with Crippen molar-refractivity contribution in [1.82, 2.24) is 4.90 Å². The standard InChI is InChI=1S/C6H15NO2/c1-6(2,9)5(8)7(3)4/h5,8-9H,1-4H3. The number of hydrogen-bond donors (Lipinski definition) is 2. The molecule has 0 saturated heterocycles. The zero-order valence-electron chi connectivity index (χ0n) is 6.42. The molecule has 0 bridgehead atoms. The van der Waals surface area contributed by atoms with E-state index in [1.165, 1.54) is 0 Å². The molecule has 0 rings (SSSR count). The molecule has 56 valence electrons. The van der Waals surface area contributed by atoms with E-state index < -0.39 is 11.8 Å². The van der Waals surface area contributed by atoms with E-state index in [0.717, 1.165) is 0 Å². The van der Waals surface area contributed by atoms with Gasteiger partial charge in [-0.3, -0.25) is 4.90 Å². The van der Waals surface area contributed by atoms with Gasteiger partial charge in [0.05, 0.1) is 5.60 Å². The van der Waals surface area contributed by atoms with E-state index in [2.05, 4.69) is 0 Å². The van der Waals surface area contributed by atoms with Crippen molar-refractivity contribution in [2.24, 2.45) is 0 Å². The summed E-state index contributed by atoms with van der Waals surface area (Å²) in [5.74, 6) is 0. The molecule has 3 nitrogen and oxygen atoms in total. The summed E-state index contributed by atoms with van der Waals surface area (Å²) in [6.07, 6.45) is -0.794. The molecule has 9 heavy (non-hydrogen) atoms. The Bertz CT molecular complexity index is 85.5. The molecule has 0 radical (unpaired) electrons. The van der Waals surface area contributed by atoms with E-state index in [1.807, 2.05) is 0 Å². The Kier molecular flexibility index (Phi) is 2.61. The monoisotopic (exact) mass is 133 g/mol. The summed E-state index contributed by atoms with van der Waals surface area (Å²) in [7, 11) is 3.42. The minimum Gasteiger partial charge on any atom is -0.386 e. The highest BCUT2D eigenvalue weighted by Gasteiger charge is 2.25. The van der Waals surface area contributed by atoms with Gasteiger partial charge < -0.3 is 10.2 Å². The minimum absolute atomic E-state index is 0.794. The van der Waals surface area contributed by atoms with Crippen molar-refractivity contribution < 1.29 is 10.2 Å². The van der Waals surface area contributed by atoms with Crippen LogP contribution < -0.4 is 0 Å². The molecular formula is C6H15NO2. The highest BCUT2D eigenvalue weighted by atomic mass is 16.4. The molecule has 0 aromatic carbocycles. The summed E-state index contributed by atoms with van der Waals surface area (Å²) in [6, 6.07) is 0. The number of rotatable bonds is 2. The second-order valence-electron chi connectivity index (χ2n) is 2.99. The molecule has 0 aliphatic rings. The second kappa shape index (κ2) is 2.64. The van der Waals surface area contributed by atoms with Gasteiger partial charge in [0, 0.05) is 0 Å². The zero-order valence-corrected chi connectivity index (χ0v) is 6.42. The number of hydrogen-bond acceptors (Lipinski definition) is 3. The lowest BCUT2D eigenvalue weighted by Gasteiger charge is -2.29. The van der Waals surface area contributed by atoms with Gasteiger partial charge in [-0.1, -0.05) is 0 Å². The fourth-order valence-corrected chi connectivity index (χ4v) is 0.632. The van der Waals surface area contributed by atoms with Crippen LogP contribution in [0.15, 0.2) is 0 Å². The largest absolute Gasteiger partial charge is 0.386 e. The SMILES string of the molecule is CN(C)C(O)C(C)(C)O. The molecule has 3 heteroatoms. The lowest BCUT2D eigenvalue weighted by atomic mass is 10.1. The molecule has 2 N–H and O–H groups in total. The maximum Gasteiger partial charge on any atom is 0.135 e. The Morgan fingerprint density at radius 3 is 1.67 bits per heavy atom. The normalized spacial score (nSPS) is 16.3. The third-order valence-corrected chi connectivity index (χ3v) is 1.12. The van der Waals surface area contributed by atoms with Gasteiger partial charge in [0.25, 0.3) is 0 Å². The molecule has 0 amide bonds. The van der Waals surface area contributed by atoms with Gasteiger partial charge in [-0.25, -0.2) is 0 Å². The Hall–Kier alpha value is -0.120. The molecule has 0 spiro atoms. The molecule has 1 unspecified atom stereocenters. The lowest BCUT2D eigenvalue weighted by molar-refractivity contribution is -0.114. The number of nitrogens with zero attached hydrogens (tertiary/aromatic N) is 1. The van der Waals surface area contributed by atoms with E-state index in [9.17, 15) is 0 Å². The summed E-state index contributed by atoms with van der Waals surface area (Å²) >= 11 is 0. The van der Waals surface area contributed by atoms with E-state index in [4.69, 9.17) is 10.2 Å². The number of aliphatic hydroxyl groups excluding tert-OH is 1. The first-order valence-corrected chi connectivity index (χ1v) is 2.92. The van der Waals surface area contributed by atoms with Crippen LogP contribution in [0.2, 0.25) is 0 Å². The third-order valence-electron chi connectivity index (χ3n) is 1.12. The van der Waals surface area contributed by atoms with Crippen molar-refractivity contribution in [3.63, 3.8) is 0 Å². The predicted octanol–water partition coefficient (Wildman–Crippen LogP) is -0.363. The first kappa shape index (κ1) is 8.88. The predicted molar refractivity (Wildman–Crippen MR) is 36.0 cm³/mol. The first-order valence-electron chi connectivity index (χ1n) is 2.92. The van der Waals surface area contributed by atoms with Crippen LogP contribution in [-0.2, 0) is 0 Å². The molecule has 0 saturated carbocycles.